The number of methoxy groups -OCH3 is 1. The number of nitrogens with zero attached hydrogens (tertiary/aromatic N) is 1. The summed E-state index contributed by atoms with van der Waals surface area (Å²) in [5, 5.41) is 0. The Labute approximate surface area is 126 Å². The molecule has 0 radical (unpaired) electrons. The molecule has 106 valence electrons. The van der Waals surface area contributed by atoms with Crippen molar-refractivity contribution < 1.29 is 14.3 Å². The number of anilines is 1. The van der Waals surface area contributed by atoms with Crippen molar-refractivity contribution in [1.82, 2.24) is 0 Å². The van der Waals surface area contributed by atoms with Crippen LogP contribution >= 0.6 is 15.9 Å². The summed E-state index contributed by atoms with van der Waals surface area (Å²) in [6.07, 6.45) is 1.78. The van der Waals surface area contributed by atoms with Crippen molar-refractivity contribution in [3.05, 3.63) is 40.9 Å². The molecular weight excluding hydrogens is 322 g/mol. The molecule has 0 aliphatic carbocycles. The summed E-state index contributed by atoms with van der Waals surface area (Å²) in [5.74, 6) is -1.33. The molecule has 1 aliphatic heterocycles. The minimum atomic E-state index is -0.894. The van der Waals surface area contributed by atoms with Crippen molar-refractivity contribution in [2.24, 2.45) is 0 Å². The summed E-state index contributed by atoms with van der Waals surface area (Å²) < 4.78 is 5.49. The van der Waals surface area contributed by atoms with Crippen LogP contribution in [0.2, 0.25) is 0 Å². The van der Waals surface area contributed by atoms with E-state index < -0.39 is 17.2 Å². The Kier molecular flexibility index (Phi) is 3.99. The van der Waals surface area contributed by atoms with Crippen LogP contribution in [0, 0.1) is 0 Å². The van der Waals surface area contributed by atoms with Gasteiger partial charge in [0.25, 0.3) is 5.78 Å². The first-order chi connectivity index (χ1) is 9.45. The summed E-state index contributed by atoms with van der Waals surface area (Å²) >= 11 is 3.51. The van der Waals surface area contributed by atoms with Gasteiger partial charge in [0.15, 0.2) is 0 Å². The average Bonchev–Trinajstić information content (AvgIpc) is 2.73. The fraction of sp³-hybridized carbons (Fsp3) is 0.333. The summed E-state index contributed by atoms with van der Waals surface area (Å²) in [6, 6.07) is 5.66. The molecular formula is C15H16BrNO3. The van der Waals surface area contributed by atoms with Crippen LogP contribution in [0.4, 0.5) is 5.69 Å². The van der Waals surface area contributed by atoms with E-state index in [-0.39, 0.29) is 0 Å². The fourth-order valence-corrected chi connectivity index (χ4v) is 3.27. The van der Waals surface area contributed by atoms with Crippen LogP contribution in [0.3, 0.4) is 0 Å². The Balaban J connectivity index is 2.55. The lowest BCUT2D eigenvalue weighted by molar-refractivity contribution is -0.153. The number of fused-ring (bicyclic) bond motifs is 1. The van der Waals surface area contributed by atoms with Gasteiger partial charge in [-0.15, -0.1) is 6.58 Å². The van der Waals surface area contributed by atoms with Crippen LogP contribution < -0.4 is 4.90 Å². The molecule has 0 N–H and O–H groups in total. The third kappa shape index (κ3) is 2.16. The summed E-state index contributed by atoms with van der Waals surface area (Å²) in [6.45, 7) is 6.56. The Morgan fingerprint density at radius 2 is 2.25 bits per heavy atom. The Morgan fingerprint density at radius 1 is 1.55 bits per heavy atom. The summed E-state index contributed by atoms with van der Waals surface area (Å²) in [4.78, 5) is 26.1. The number of ether oxygens (including phenoxy) is 1. The number of esters is 1. The second-order valence-electron chi connectivity index (χ2n) is 4.96. The molecule has 1 aromatic rings. The molecule has 0 saturated carbocycles. The van der Waals surface area contributed by atoms with Gasteiger partial charge < -0.3 is 9.64 Å². The number of benzene rings is 1. The van der Waals surface area contributed by atoms with Gasteiger partial charge in [0.2, 0.25) is 0 Å². The number of ketones is 1. The van der Waals surface area contributed by atoms with Crippen molar-refractivity contribution >= 4 is 33.4 Å². The van der Waals surface area contributed by atoms with Crippen molar-refractivity contribution in [3.63, 3.8) is 0 Å². The molecule has 0 amide bonds. The second kappa shape index (κ2) is 5.40. The number of rotatable bonds is 4. The van der Waals surface area contributed by atoms with Gasteiger partial charge in [-0.3, -0.25) is 4.79 Å². The van der Waals surface area contributed by atoms with Gasteiger partial charge in [-0.2, -0.15) is 0 Å². The van der Waals surface area contributed by atoms with Crippen molar-refractivity contribution in [2.45, 2.75) is 12.3 Å². The largest absolute Gasteiger partial charge is 0.463 e. The smallest absolute Gasteiger partial charge is 0.375 e. The van der Waals surface area contributed by atoms with Crippen LogP contribution in [0.1, 0.15) is 12.5 Å². The quantitative estimate of drug-likeness (QED) is 0.481. The van der Waals surface area contributed by atoms with Crippen LogP contribution in [0.25, 0.3) is 0 Å². The summed E-state index contributed by atoms with van der Waals surface area (Å²) in [5.41, 5.74) is 0.881. The van der Waals surface area contributed by atoms with Gasteiger partial charge in [-0.1, -0.05) is 18.2 Å². The van der Waals surface area contributed by atoms with Crippen LogP contribution in [-0.4, -0.2) is 32.0 Å². The molecule has 20 heavy (non-hydrogen) atoms. The Morgan fingerprint density at radius 3 is 2.85 bits per heavy atom. The minimum Gasteiger partial charge on any atom is -0.463 e. The monoisotopic (exact) mass is 337 g/mol. The number of Topliss-reactive ketones (excluding diaryl/α,β-unsaturated/α-hetero) is 1. The van der Waals surface area contributed by atoms with E-state index in [1.807, 2.05) is 23.1 Å². The van der Waals surface area contributed by atoms with Crippen molar-refractivity contribution in [1.29, 1.82) is 0 Å². The fourth-order valence-electron chi connectivity index (χ4n) is 2.65. The molecule has 5 heteroatoms. The predicted molar refractivity (Wildman–Crippen MR) is 80.9 cm³/mol. The predicted octanol–water partition coefficient (Wildman–Crippen LogP) is 2.45. The number of para-hydroxylation sites is 1. The van der Waals surface area contributed by atoms with Crippen LogP contribution in [0.5, 0.6) is 0 Å². The van der Waals surface area contributed by atoms with Gasteiger partial charge in [0.1, 0.15) is 0 Å². The highest BCUT2D eigenvalue weighted by Crippen LogP contribution is 2.45. The zero-order valence-electron chi connectivity index (χ0n) is 11.5. The van der Waals surface area contributed by atoms with E-state index in [0.717, 1.165) is 15.7 Å². The lowest BCUT2D eigenvalue weighted by Gasteiger charge is -2.23. The van der Waals surface area contributed by atoms with Crippen LogP contribution in [-0.2, 0) is 19.7 Å². The number of carbonyl (C=O) groups is 2. The lowest BCUT2D eigenvalue weighted by atomic mass is 9.80. The van der Waals surface area contributed by atoms with Crippen molar-refractivity contribution in [2.75, 3.05) is 25.1 Å². The van der Waals surface area contributed by atoms with E-state index >= 15 is 0 Å². The van der Waals surface area contributed by atoms with E-state index in [2.05, 4.69) is 27.2 Å². The molecule has 1 unspecified atom stereocenters. The standard InChI is InChI=1S/C15H16BrNO3/c1-4-8-17-9-15(2,13(18)14(19)20-3)10-6-5-7-11(16)12(10)17/h4-7H,1,8-9H2,2-3H3. The second-order valence-corrected chi connectivity index (χ2v) is 5.81. The number of hydrogen-bond acceptors (Lipinski definition) is 4. The van der Waals surface area contributed by atoms with Gasteiger partial charge in [0, 0.05) is 17.6 Å². The van der Waals surface area contributed by atoms with E-state index in [1.165, 1.54) is 7.11 Å². The van der Waals surface area contributed by atoms with E-state index in [9.17, 15) is 9.59 Å². The molecule has 1 atom stereocenters. The summed E-state index contributed by atoms with van der Waals surface area (Å²) in [7, 11) is 1.22. The van der Waals surface area contributed by atoms with E-state index in [4.69, 9.17) is 0 Å². The maximum atomic E-state index is 12.4. The third-order valence-corrected chi connectivity index (χ3v) is 4.27. The number of hydrogen-bond donors (Lipinski definition) is 0. The molecule has 1 aromatic carbocycles. The van der Waals surface area contributed by atoms with Gasteiger partial charge >= 0.3 is 5.97 Å². The normalized spacial score (nSPS) is 20.4. The molecule has 0 spiro atoms. The molecule has 1 aliphatic rings. The first kappa shape index (κ1) is 14.8. The maximum Gasteiger partial charge on any atom is 0.375 e. The molecule has 1 heterocycles. The highest BCUT2D eigenvalue weighted by atomic mass is 79.9. The zero-order valence-corrected chi connectivity index (χ0v) is 13.1. The molecule has 4 nitrogen and oxygen atoms in total. The zero-order chi connectivity index (χ0) is 14.9. The van der Waals surface area contributed by atoms with E-state index in [1.54, 1.807) is 13.0 Å². The molecule has 0 bridgehead atoms. The first-order valence-corrected chi connectivity index (χ1v) is 7.02. The van der Waals surface area contributed by atoms with Crippen molar-refractivity contribution in [3.8, 4) is 0 Å². The minimum absolute atomic E-state index is 0.435. The molecule has 2 rings (SSSR count). The van der Waals surface area contributed by atoms with Crippen LogP contribution in [0.15, 0.2) is 35.3 Å². The van der Waals surface area contributed by atoms with Gasteiger partial charge in [-0.25, -0.2) is 4.79 Å². The Hall–Kier alpha value is -1.62. The molecule has 0 aromatic heterocycles. The highest BCUT2D eigenvalue weighted by molar-refractivity contribution is 9.10. The number of carbonyl (C=O) groups excluding carboxylic acids is 2. The molecule has 0 saturated heterocycles. The Bertz CT molecular complexity index is 584. The third-order valence-electron chi connectivity index (χ3n) is 3.63. The van der Waals surface area contributed by atoms with Gasteiger partial charge in [0.05, 0.1) is 18.2 Å². The first-order valence-electron chi connectivity index (χ1n) is 6.23. The van der Waals surface area contributed by atoms with Gasteiger partial charge in [-0.05, 0) is 34.5 Å². The average molecular weight is 338 g/mol. The maximum absolute atomic E-state index is 12.4. The van der Waals surface area contributed by atoms with E-state index in [0.29, 0.717) is 13.1 Å². The lowest BCUT2D eigenvalue weighted by Crippen LogP contribution is -2.42. The molecule has 0 fully saturated rings. The topological polar surface area (TPSA) is 46.6 Å². The highest BCUT2D eigenvalue weighted by Gasteiger charge is 2.48. The number of halogens is 1. The SMILES string of the molecule is C=CCN1CC(C)(C(=O)C(=O)OC)c2cccc(Br)c21.